The standard InChI is InChI=1S/C14H26O2/c1-4-7-10-13(15)11-8-12-16-14(6-3)9-5-2/h5-6,9,13,15H,4,7-8,10-12H2,1-3H3/b9-5-,14-6+. The zero-order valence-corrected chi connectivity index (χ0v) is 10.9. The van der Waals surface area contributed by atoms with Gasteiger partial charge in [0.2, 0.25) is 0 Å². The van der Waals surface area contributed by atoms with Gasteiger partial charge < -0.3 is 9.84 Å². The second kappa shape index (κ2) is 10.7. The number of rotatable bonds is 9. The first-order chi connectivity index (χ1) is 7.74. The molecule has 1 N–H and O–H groups in total. The van der Waals surface area contributed by atoms with E-state index in [-0.39, 0.29) is 6.10 Å². The maximum absolute atomic E-state index is 9.62. The fraction of sp³-hybridized carbons (Fsp3) is 0.714. The fourth-order valence-corrected chi connectivity index (χ4v) is 1.49. The summed E-state index contributed by atoms with van der Waals surface area (Å²) in [6.07, 6.45) is 10.7. The van der Waals surface area contributed by atoms with E-state index >= 15 is 0 Å². The van der Waals surface area contributed by atoms with Gasteiger partial charge in [-0.2, -0.15) is 0 Å². The van der Waals surface area contributed by atoms with Gasteiger partial charge in [0.05, 0.1) is 12.7 Å². The smallest absolute Gasteiger partial charge is 0.114 e. The average molecular weight is 226 g/mol. The minimum Gasteiger partial charge on any atom is -0.494 e. The molecule has 0 aromatic rings. The summed E-state index contributed by atoms with van der Waals surface area (Å²) in [7, 11) is 0. The highest BCUT2D eigenvalue weighted by Crippen LogP contribution is 2.08. The summed E-state index contributed by atoms with van der Waals surface area (Å²) in [6.45, 7) is 6.77. The Morgan fingerprint density at radius 2 is 1.94 bits per heavy atom. The van der Waals surface area contributed by atoms with Gasteiger partial charge in [0.1, 0.15) is 5.76 Å². The van der Waals surface area contributed by atoms with Gasteiger partial charge in [-0.1, -0.05) is 25.8 Å². The van der Waals surface area contributed by atoms with Crippen LogP contribution in [0.5, 0.6) is 0 Å². The first-order valence-electron chi connectivity index (χ1n) is 6.34. The summed E-state index contributed by atoms with van der Waals surface area (Å²) in [4.78, 5) is 0. The SMILES string of the molecule is C/C=C\C(=C/C)OCCCC(O)CCCC. The molecule has 94 valence electrons. The summed E-state index contributed by atoms with van der Waals surface area (Å²) in [5, 5.41) is 9.62. The summed E-state index contributed by atoms with van der Waals surface area (Å²) < 4.78 is 5.55. The summed E-state index contributed by atoms with van der Waals surface area (Å²) in [5.74, 6) is 0.908. The van der Waals surface area contributed by atoms with Gasteiger partial charge in [-0.3, -0.25) is 0 Å². The first-order valence-corrected chi connectivity index (χ1v) is 6.34. The number of hydrogen-bond acceptors (Lipinski definition) is 2. The molecule has 0 rings (SSSR count). The summed E-state index contributed by atoms with van der Waals surface area (Å²) in [6, 6.07) is 0. The van der Waals surface area contributed by atoms with E-state index in [1.165, 1.54) is 0 Å². The molecule has 0 bridgehead atoms. The third-order valence-electron chi connectivity index (χ3n) is 2.46. The maximum Gasteiger partial charge on any atom is 0.114 e. The van der Waals surface area contributed by atoms with Crippen LogP contribution in [-0.2, 0) is 4.74 Å². The van der Waals surface area contributed by atoms with E-state index in [1.807, 2.05) is 32.1 Å². The lowest BCUT2D eigenvalue weighted by Crippen LogP contribution is -2.07. The van der Waals surface area contributed by atoms with Crippen molar-refractivity contribution in [3.63, 3.8) is 0 Å². The van der Waals surface area contributed by atoms with Crippen molar-refractivity contribution in [1.29, 1.82) is 0 Å². The molecule has 0 amide bonds. The largest absolute Gasteiger partial charge is 0.494 e. The third kappa shape index (κ3) is 8.54. The molecule has 0 aromatic carbocycles. The number of aliphatic hydroxyl groups excluding tert-OH is 1. The number of allylic oxidation sites excluding steroid dienone is 3. The topological polar surface area (TPSA) is 29.5 Å². The van der Waals surface area contributed by atoms with Crippen LogP contribution in [-0.4, -0.2) is 17.8 Å². The van der Waals surface area contributed by atoms with Crippen molar-refractivity contribution < 1.29 is 9.84 Å². The molecule has 0 spiro atoms. The Morgan fingerprint density at radius 3 is 2.50 bits per heavy atom. The zero-order valence-electron chi connectivity index (χ0n) is 10.9. The van der Waals surface area contributed by atoms with Gasteiger partial charge in [0.25, 0.3) is 0 Å². The van der Waals surface area contributed by atoms with Crippen molar-refractivity contribution in [3.8, 4) is 0 Å². The fourth-order valence-electron chi connectivity index (χ4n) is 1.49. The van der Waals surface area contributed by atoms with Crippen molar-refractivity contribution in [2.24, 2.45) is 0 Å². The normalized spacial score (nSPS) is 14.4. The van der Waals surface area contributed by atoms with Crippen molar-refractivity contribution >= 4 is 0 Å². The molecule has 0 fully saturated rings. The van der Waals surface area contributed by atoms with E-state index in [0.717, 1.165) is 37.9 Å². The van der Waals surface area contributed by atoms with Crippen LogP contribution in [0.3, 0.4) is 0 Å². The van der Waals surface area contributed by atoms with Gasteiger partial charge >= 0.3 is 0 Å². The lowest BCUT2D eigenvalue weighted by Gasteiger charge is -2.10. The van der Waals surface area contributed by atoms with E-state index in [9.17, 15) is 5.11 Å². The number of ether oxygens (including phenoxy) is 1. The van der Waals surface area contributed by atoms with Crippen molar-refractivity contribution in [2.75, 3.05) is 6.61 Å². The van der Waals surface area contributed by atoms with Crippen LogP contribution in [0.15, 0.2) is 24.0 Å². The molecule has 1 unspecified atom stereocenters. The van der Waals surface area contributed by atoms with Gasteiger partial charge in [0, 0.05) is 0 Å². The van der Waals surface area contributed by atoms with Gasteiger partial charge in [-0.15, -0.1) is 0 Å². The Morgan fingerprint density at radius 1 is 1.25 bits per heavy atom. The maximum atomic E-state index is 9.62. The van der Waals surface area contributed by atoms with Crippen molar-refractivity contribution in [3.05, 3.63) is 24.0 Å². The first kappa shape index (κ1) is 15.2. The molecular weight excluding hydrogens is 200 g/mol. The third-order valence-corrected chi connectivity index (χ3v) is 2.46. The highest BCUT2D eigenvalue weighted by Gasteiger charge is 2.02. The zero-order chi connectivity index (χ0) is 12.2. The molecular formula is C14H26O2. The second-order valence-corrected chi connectivity index (χ2v) is 3.98. The van der Waals surface area contributed by atoms with Crippen LogP contribution in [0.2, 0.25) is 0 Å². The van der Waals surface area contributed by atoms with E-state index in [0.29, 0.717) is 6.61 Å². The Labute approximate surface area is 100 Å². The molecule has 0 saturated heterocycles. The molecule has 0 aliphatic carbocycles. The van der Waals surface area contributed by atoms with E-state index < -0.39 is 0 Å². The number of unbranched alkanes of at least 4 members (excludes halogenated alkanes) is 1. The van der Waals surface area contributed by atoms with E-state index in [1.54, 1.807) is 0 Å². The van der Waals surface area contributed by atoms with Gasteiger partial charge in [0.15, 0.2) is 0 Å². The van der Waals surface area contributed by atoms with Crippen LogP contribution in [0, 0.1) is 0 Å². The molecule has 0 aliphatic heterocycles. The molecule has 0 saturated carbocycles. The minimum atomic E-state index is -0.153. The van der Waals surface area contributed by atoms with Crippen LogP contribution in [0.4, 0.5) is 0 Å². The molecule has 1 atom stereocenters. The molecule has 0 radical (unpaired) electrons. The van der Waals surface area contributed by atoms with E-state index in [2.05, 4.69) is 6.92 Å². The lowest BCUT2D eigenvalue weighted by molar-refractivity contribution is 0.131. The van der Waals surface area contributed by atoms with Gasteiger partial charge in [-0.05, 0) is 45.3 Å². The number of hydrogen-bond donors (Lipinski definition) is 1. The van der Waals surface area contributed by atoms with Crippen LogP contribution >= 0.6 is 0 Å². The Kier molecular flexibility index (Phi) is 10.2. The molecule has 0 aromatic heterocycles. The molecule has 16 heavy (non-hydrogen) atoms. The van der Waals surface area contributed by atoms with E-state index in [4.69, 9.17) is 4.74 Å². The molecule has 2 heteroatoms. The molecule has 2 nitrogen and oxygen atoms in total. The highest BCUT2D eigenvalue weighted by atomic mass is 16.5. The molecule has 0 aliphatic rings. The highest BCUT2D eigenvalue weighted by molar-refractivity contribution is 5.09. The number of aliphatic hydroxyl groups is 1. The lowest BCUT2D eigenvalue weighted by atomic mass is 10.1. The molecule has 0 heterocycles. The Balaban J connectivity index is 3.51. The minimum absolute atomic E-state index is 0.153. The van der Waals surface area contributed by atoms with Gasteiger partial charge in [-0.25, -0.2) is 0 Å². The average Bonchev–Trinajstić information content (AvgIpc) is 2.30. The summed E-state index contributed by atoms with van der Waals surface area (Å²) >= 11 is 0. The second-order valence-electron chi connectivity index (χ2n) is 3.98. The van der Waals surface area contributed by atoms with Crippen molar-refractivity contribution in [2.45, 2.75) is 59.0 Å². The van der Waals surface area contributed by atoms with Crippen LogP contribution in [0.25, 0.3) is 0 Å². The Hall–Kier alpha value is -0.760. The van der Waals surface area contributed by atoms with Crippen LogP contribution in [0.1, 0.15) is 52.9 Å². The monoisotopic (exact) mass is 226 g/mol. The Bertz CT molecular complexity index is 207. The quantitative estimate of drug-likeness (QED) is 0.368. The van der Waals surface area contributed by atoms with Crippen LogP contribution < -0.4 is 0 Å². The van der Waals surface area contributed by atoms with Crippen molar-refractivity contribution in [1.82, 2.24) is 0 Å². The predicted molar refractivity (Wildman–Crippen MR) is 69.3 cm³/mol. The predicted octanol–water partition coefficient (Wildman–Crippen LogP) is 3.81. The summed E-state index contributed by atoms with van der Waals surface area (Å²) in [5.41, 5.74) is 0.